The largest absolute Gasteiger partial charge is 0.444 e. The maximum Gasteiger partial charge on any atom is 0.410 e. The van der Waals surface area contributed by atoms with Crippen molar-refractivity contribution in [3.8, 4) is 11.3 Å². The number of rotatable bonds is 8. The number of halogens is 2. The molecular formula is C35H42F2N4O3S. The molecule has 0 radical (unpaired) electrons. The summed E-state index contributed by atoms with van der Waals surface area (Å²) in [6.45, 7) is 9.86. The molecule has 2 aliphatic heterocycles. The molecule has 2 aromatic heterocycles. The highest BCUT2D eigenvalue weighted by atomic mass is 32.1. The molecule has 10 heteroatoms. The second kappa shape index (κ2) is 12.8. The fraction of sp³-hybridized carbons (Fsp3) is 0.514. The number of nitrogens with zero attached hydrogens (tertiary/aromatic N) is 4. The van der Waals surface area contributed by atoms with Crippen LogP contribution in [0.3, 0.4) is 0 Å². The number of hydrogen-bond acceptors (Lipinski definition) is 6. The van der Waals surface area contributed by atoms with E-state index >= 15 is 4.39 Å². The topological polar surface area (TPSA) is 67.1 Å². The third-order valence-corrected chi connectivity index (χ3v) is 10.1. The number of imidazole rings is 1. The molecule has 6 rings (SSSR count). The van der Waals surface area contributed by atoms with Crippen LogP contribution in [0, 0.1) is 5.82 Å². The van der Waals surface area contributed by atoms with Crippen LogP contribution in [0.5, 0.6) is 0 Å². The van der Waals surface area contributed by atoms with Crippen LogP contribution in [0.2, 0.25) is 0 Å². The van der Waals surface area contributed by atoms with Crippen LogP contribution in [-0.2, 0) is 4.74 Å². The van der Waals surface area contributed by atoms with Gasteiger partial charge < -0.3 is 14.5 Å². The van der Waals surface area contributed by atoms with Gasteiger partial charge in [0.1, 0.15) is 17.6 Å². The van der Waals surface area contributed by atoms with Crippen molar-refractivity contribution in [2.45, 2.75) is 96.5 Å². The molecule has 2 atom stereocenters. The molecule has 2 aliphatic rings. The number of hydrogen-bond donors (Lipinski definition) is 0. The van der Waals surface area contributed by atoms with Gasteiger partial charge in [0.25, 0.3) is 0 Å². The highest BCUT2D eigenvalue weighted by molar-refractivity contribution is 7.23. The molecule has 240 valence electrons. The Kier molecular flexibility index (Phi) is 8.98. The molecular weight excluding hydrogens is 594 g/mol. The minimum absolute atomic E-state index is 0.118. The molecule has 2 unspecified atom stereocenters. The van der Waals surface area contributed by atoms with Crippen LogP contribution < -0.4 is 0 Å². The van der Waals surface area contributed by atoms with Crippen molar-refractivity contribution in [2.75, 3.05) is 19.6 Å². The number of aromatic nitrogens is 2. The van der Waals surface area contributed by atoms with Crippen molar-refractivity contribution < 1.29 is 23.1 Å². The van der Waals surface area contributed by atoms with E-state index in [-0.39, 0.29) is 23.7 Å². The summed E-state index contributed by atoms with van der Waals surface area (Å²) in [5, 5.41) is 0. The molecule has 2 saturated heterocycles. The predicted molar refractivity (Wildman–Crippen MR) is 174 cm³/mol. The molecule has 4 aromatic rings. The highest BCUT2D eigenvalue weighted by Gasteiger charge is 2.33. The van der Waals surface area contributed by atoms with Gasteiger partial charge in [0.05, 0.1) is 22.0 Å². The minimum atomic E-state index is -0.675. The molecule has 2 aromatic carbocycles. The predicted octanol–water partition coefficient (Wildman–Crippen LogP) is 8.60. The zero-order chi connectivity index (χ0) is 31.9. The Labute approximate surface area is 267 Å². The number of ketones is 1. The van der Waals surface area contributed by atoms with E-state index in [4.69, 9.17) is 9.72 Å². The molecule has 45 heavy (non-hydrogen) atoms. The Morgan fingerprint density at radius 3 is 2.60 bits per heavy atom. The first kappa shape index (κ1) is 31.6. The van der Waals surface area contributed by atoms with E-state index in [1.54, 1.807) is 11.0 Å². The molecule has 0 saturated carbocycles. The van der Waals surface area contributed by atoms with Gasteiger partial charge in [0.15, 0.2) is 10.7 Å². The Balaban J connectivity index is 1.12. The second-order valence-corrected chi connectivity index (χ2v) is 14.5. The summed E-state index contributed by atoms with van der Waals surface area (Å²) in [6.07, 6.45) is 5.79. The monoisotopic (exact) mass is 636 g/mol. The number of alkyl halides is 1. The Bertz CT molecular complexity index is 1700. The van der Waals surface area contributed by atoms with Crippen LogP contribution in [0.4, 0.5) is 13.6 Å². The zero-order valence-electron chi connectivity index (χ0n) is 26.5. The summed E-state index contributed by atoms with van der Waals surface area (Å²) in [4.78, 5) is 35.2. The lowest BCUT2D eigenvalue weighted by Gasteiger charge is -2.33. The number of likely N-dealkylation sites (tertiary alicyclic amines) is 2. The van der Waals surface area contributed by atoms with E-state index in [0.29, 0.717) is 48.7 Å². The van der Waals surface area contributed by atoms with Gasteiger partial charge >= 0.3 is 6.09 Å². The fourth-order valence-electron chi connectivity index (χ4n) is 6.60. The number of benzene rings is 2. The van der Waals surface area contributed by atoms with Crippen molar-refractivity contribution >= 4 is 38.4 Å². The average molecular weight is 637 g/mol. The van der Waals surface area contributed by atoms with Gasteiger partial charge in [-0.3, -0.25) is 9.20 Å². The number of ether oxygens (including phenoxy) is 1. The number of fused-ring (bicyclic) bond motifs is 3. The summed E-state index contributed by atoms with van der Waals surface area (Å²) in [5.41, 5.74) is 2.70. The molecule has 7 nitrogen and oxygen atoms in total. The smallest absolute Gasteiger partial charge is 0.410 e. The first-order valence-electron chi connectivity index (χ1n) is 16.1. The van der Waals surface area contributed by atoms with Crippen molar-refractivity contribution in [1.29, 1.82) is 0 Å². The standard InChI is InChI=1S/C35H42F2N4O3S/c1-22(39-17-14-25(36)15-18-39)7-5-9-31(42)24-11-13-30-32(20-24)45-33-38-28(21-41(30)33)26-12-10-23(19-27(26)37)29-8-6-16-40(29)34(43)44-35(2,3)4/h10-13,19-22,25,29H,5-9,14-18H2,1-4H3. The van der Waals surface area contributed by atoms with Gasteiger partial charge in [-0.25, -0.2) is 18.6 Å². The molecule has 2 fully saturated rings. The van der Waals surface area contributed by atoms with Crippen LogP contribution in [0.25, 0.3) is 26.4 Å². The summed E-state index contributed by atoms with van der Waals surface area (Å²) >= 11 is 1.48. The van der Waals surface area contributed by atoms with Gasteiger partial charge in [-0.05, 0) is 102 Å². The van der Waals surface area contributed by atoms with Gasteiger partial charge in [-0.2, -0.15) is 0 Å². The number of piperidine rings is 1. The Morgan fingerprint density at radius 2 is 1.87 bits per heavy atom. The molecule has 4 heterocycles. The molecule has 0 aliphatic carbocycles. The van der Waals surface area contributed by atoms with E-state index < -0.39 is 11.8 Å². The van der Waals surface area contributed by atoms with Crippen LogP contribution in [-0.4, -0.2) is 68.5 Å². The lowest BCUT2D eigenvalue weighted by Crippen LogP contribution is -2.40. The number of Topliss-reactive ketones (excluding diaryl/α,β-unsaturated/α-hetero) is 1. The third-order valence-electron chi connectivity index (χ3n) is 9.06. The van der Waals surface area contributed by atoms with Gasteiger partial charge in [0.2, 0.25) is 0 Å². The number of amides is 1. The summed E-state index contributed by atoms with van der Waals surface area (Å²) in [5.74, 6) is -0.263. The number of carbonyl (C=O) groups is 2. The first-order valence-corrected chi connectivity index (χ1v) is 16.9. The fourth-order valence-corrected chi connectivity index (χ4v) is 7.64. The summed E-state index contributed by atoms with van der Waals surface area (Å²) in [7, 11) is 0. The molecule has 0 spiro atoms. The molecule has 0 bridgehead atoms. The van der Waals surface area contributed by atoms with Crippen molar-refractivity contribution in [2.24, 2.45) is 0 Å². The summed E-state index contributed by atoms with van der Waals surface area (Å²) < 4.78 is 37.5. The molecule has 0 N–H and O–H groups in total. The van der Waals surface area contributed by atoms with Crippen molar-refractivity contribution in [3.63, 3.8) is 0 Å². The highest BCUT2D eigenvalue weighted by Crippen LogP contribution is 2.36. The lowest BCUT2D eigenvalue weighted by molar-refractivity contribution is 0.0224. The average Bonchev–Trinajstić information content (AvgIpc) is 3.71. The maximum absolute atomic E-state index is 15.5. The van der Waals surface area contributed by atoms with Crippen molar-refractivity contribution in [3.05, 3.63) is 59.5 Å². The maximum atomic E-state index is 15.5. The van der Waals surface area contributed by atoms with Crippen molar-refractivity contribution in [1.82, 2.24) is 19.2 Å². The Morgan fingerprint density at radius 1 is 1.09 bits per heavy atom. The van der Waals surface area contributed by atoms with E-state index in [2.05, 4.69) is 11.8 Å². The van der Waals surface area contributed by atoms with E-state index in [1.165, 1.54) is 17.4 Å². The second-order valence-electron chi connectivity index (χ2n) is 13.5. The lowest BCUT2D eigenvalue weighted by atomic mass is 10.0. The van der Waals surface area contributed by atoms with E-state index in [9.17, 15) is 14.0 Å². The van der Waals surface area contributed by atoms with Gasteiger partial charge in [0, 0.05) is 49.4 Å². The summed E-state index contributed by atoms with van der Waals surface area (Å²) in [6, 6.07) is 11.0. The van der Waals surface area contributed by atoms with Gasteiger partial charge in [-0.15, -0.1) is 0 Å². The SMILES string of the molecule is CC(CCCC(=O)c1ccc2c(c1)sc1nc(-c3ccc(C4CCCN4C(=O)OC(C)(C)C)cc3F)cn12)N1CCC(F)CC1. The van der Waals surface area contributed by atoms with Crippen LogP contribution >= 0.6 is 11.3 Å². The van der Waals surface area contributed by atoms with Gasteiger partial charge in [-0.1, -0.05) is 17.4 Å². The van der Waals surface area contributed by atoms with Crippen LogP contribution in [0.1, 0.15) is 94.6 Å². The third kappa shape index (κ3) is 6.92. The quantitative estimate of drug-likeness (QED) is 0.181. The first-order chi connectivity index (χ1) is 21.5. The Hall–Kier alpha value is -3.37. The molecule has 1 amide bonds. The van der Waals surface area contributed by atoms with E-state index in [0.717, 1.165) is 59.5 Å². The van der Waals surface area contributed by atoms with Crippen LogP contribution in [0.15, 0.2) is 42.6 Å². The normalized spacial score (nSPS) is 19.1. The zero-order valence-corrected chi connectivity index (χ0v) is 27.3. The number of carbonyl (C=O) groups excluding carboxylic acids is 2. The van der Waals surface area contributed by atoms with E-state index in [1.807, 2.05) is 55.6 Å². The number of thiazole rings is 1. The minimum Gasteiger partial charge on any atom is -0.444 e.